The number of nitrogens with one attached hydrogen (secondary N) is 1. The molecule has 0 amide bonds. The largest absolute Gasteiger partial charge is 0.308 e. The summed E-state index contributed by atoms with van der Waals surface area (Å²) in [6.45, 7) is 3.69. The third kappa shape index (κ3) is 2.43. The van der Waals surface area contributed by atoms with Gasteiger partial charge in [-0.1, -0.05) is 30.3 Å². The molecule has 1 aromatic carbocycles. The Bertz CT molecular complexity index is 514. The second kappa shape index (κ2) is 4.90. The number of rotatable bonds is 5. The van der Waals surface area contributed by atoms with Crippen LogP contribution >= 0.6 is 0 Å². The van der Waals surface area contributed by atoms with E-state index in [1.165, 1.54) is 12.8 Å². The summed E-state index contributed by atoms with van der Waals surface area (Å²) in [6, 6.07) is 11.0. The molecule has 1 heterocycles. The van der Waals surface area contributed by atoms with E-state index in [-0.39, 0.29) is 0 Å². The zero-order valence-corrected chi connectivity index (χ0v) is 10.6. The number of aryl methyl sites for hydroxylation is 1. The first kappa shape index (κ1) is 11.4. The summed E-state index contributed by atoms with van der Waals surface area (Å²) >= 11 is 0. The zero-order valence-electron chi connectivity index (χ0n) is 10.6. The molecule has 1 aliphatic carbocycles. The van der Waals surface area contributed by atoms with Gasteiger partial charge in [0.15, 0.2) is 0 Å². The van der Waals surface area contributed by atoms with Gasteiger partial charge in [-0.25, -0.2) is 0 Å². The lowest BCUT2D eigenvalue weighted by Gasteiger charge is -2.01. The van der Waals surface area contributed by atoms with E-state index < -0.39 is 0 Å². The average molecular weight is 242 g/mol. The van der Waals surface area contributed by atoms with Gasteiger partial charge in [0.2, 0.25) is 0 Å². The zero-order chi connectivity index (χ0) is 12.4. The molecule has 0 bridgehead atoms. The van der Waals surface area contributed by atoms with Gasteiger partial charge in [-0.3, -0.25) is 0 Å². The maximum absolute atomic E-state index is 4.56. The summed E-state index contributed by atoms with van der Waals surface area (Å²) in [5.41, 5.74) is 3.20. The Morgan fingerprint density at radius 1 is 1.22 bits per heavy atom. The van der Waals surface area contributed by atoms with Crippen molar-refractivity contribution in [3.63, 3.8) is 0 Å². The van der Waals surface area contributed by atoms with E-state index in [2.05, 4.69) is 34.6 Å². The Kier molecular flexibility index (Phi) is 3.11. The standard InChI is InChI=1S/C14H18N4/c1-2-18-16-13(10-15-12-8-9-12)14(17-18)11-6-4-3-5-7-11/h3-7,12,15H,2,8-10H2,1H3. The van der Waals surface area contributed by atoms with Gasteiger partial charge < -0.3 is 5.32 Å². The molecule has 1 aromatic heterocycles. The first-order chi connectivity index (χ1) is 8.86. The predicted molar refractivity (Wildman–Crippen MR) is 71.0 cm³/mol. The van der Waals surface area contributed by atoms with Crippen molar-refractivity contribution in [2.45, 2.75) is 38.9 Å². The summed E-state index contributed by atoms with van der Waals surface area (Å²) < 4.78 is 0. The molecule has 0 atom stereocenters. The molecular formula is C14H18N4. The van der Waals surface area contributed by atoms with Crippen LogP contribution in [0.15, 0.2) is 30.3 Å². The monoisotopic (exact) mass is 242 g/mol. The highest BCUT2D eigenvalue weighted by atomic mass is 15.5. The van der Waals surface area contributed by atoms with Crippen LogP contribution in [0.1, 0.15) is 25.5 Å². The van der Waals surface area contributed by atoms with Gasteiger partial charge in [-0.15, -0.1) is 0 Å². The lowest BCUT2D eigenvalue weighted by atomic mass is 10.1. The predicted octanol–water partition coefficient (Wildman–Crippen LogP) is 2.22. The second-order valence-electron chi connectivity index (χ2n) is 4.71. The number of hydrogen-bond acceptors (Lipinski definition) is 3. The van der Waals surface area contributed by atoms with Crippen molar-refractivity contribution in [1.82, 2.24) is 20.3 Å². The quantitative estimate of drug-likeness (QED) is 0.874. The Morgan fingerprint density at radius 3 is 2.67 bits per heavy atom. The van der Waals surface area contributed by atoms with Crippen LogP contribution < -0.4 is 5.32 Å². The van der Waals surface area contributed by atoms with Crippen molar-refractivity contribution in [2.75, 3.05) is 0 Å². The van der Waals surface area contributed by atoms with Gasteiger partial charge in [-0.05, 0) is 19.8 Å². The van der Waals surface area contributed by atoms with Gasteiger partial charge in [0.1, 0.15) is 11.4 Å². The summed E-state index contributed by atoms with van der Waals surface area (Å²) in [4.78, 5) is 1.77. The topological polar surface area (TPSA) is 42.7 Å². The first-order valence-corrected chi connectivity index (χ1v) is 6.59. The summed E-state index contributed by atoms with van der Waals surface area (Å²) in [6.07, 6.45) is 2.59. The van der Waals surface area contributed by atoms with Gasteiger partial charge in [0.05, 0.1) is 6.54 Å². The maximum atomic E-state index is 4.56. The minimum Gasteiger partial charge on any atom is -0.308 e. The Hall–Kier alpha value is -1.68. The fourth-order valence-electron chi connectivity index (χ4n) is 1.99. The maximum Gasteiger partial charge on any atom is 0.117 e. The van der Waals surface area contributed by atoms with E-state index in [0.29, 0.717) is 6.04 Å². The van der Waals surface area contributed by atoms with Crippen LogP contribution in [0.25, 0.3) is 11.3 Å². The fraction of sp³-hybridized carbons (Fsp3) is 0.429. The molecule has 0 aliphatic heterocycles. The van der Waals surface area contributed by atoms with Crippen LogP contribution in [0.4, 0.5) is 0 Å². The van der Waals surface area contributed by atoms with Crippen LogP contribution in [0.5, 0.6) is 0 Å². The van der Waals surface area contributed by atoms with Crippen molar-refractivity contribution in [3.05, 3.63) is 36.0 Å². The normalized spacial score (nSPS) is 14.9. The minimum atomic E-state index is 0.695. The van der Waals surface area contributed by atoms with Crippen molar-refractivity contribution in [2.24, 2.45) is 0 Å². The summed E-state index contributed by atoms with van der Waals surface area (Å²) in [5.74, 6) is 0. The molecule has 0 saturated heterocycles. The molecular weight excluding hydrogens is 224 g/mol. The minimum absolute atomic E-state index is 0.695. The lowest BCUT2D eigenvalue weighted by molar-refractivity contribution is 0.557. The van der Waals surface area contributed by atoms with Crippen LogP contribution in [-0.2, 0) is 13.1 Å². The average Bonchev–Trinajstić information content (AvgIpc) is 3.16. The first-order valence-electron chi connectivity index (χ1n) is 6.59. The molecule has 3 rings (SSSR count). The Morgan fingerprint density at radius 2 is 2.00 bits per heavy atom. The van der Waals surface area contributed by atoms with Crippen LogP contribution in [0.2, 0.25) is 0 Å². The Labute approximate surface area is 107 Å². The molecule has 1 fully saturated rings. The number of nitrogens with zero attached hydrogens (tertiary/aromatic N) is 3. The van der Waals surface area contributed by atoms with Crippen molar-refractivity contribution in [3.8, 4) is 11.3 Å². The number of aromatic nitrogens is 3. The van der Waals surface area contributed by atoms with E-state index in [4.69, 9.17) is 0 Å². The summed E-state index contributed by atoms with van der Waals surface area (Å²) in [5, 5.41) is 12.6. The highest BCUT2D eigenvalue weighted by Gasteiger charge is 2.22. The third-order valence-corrected chi connectivity index (χ3v) is 3.19. The van der Waals surface area contributed by atoms with Gasteiger partial charge in [0, 0.05) is 18.2 Å². The van der Waals surface area contributed by atoms with Crippen LogP contribution in [0, 0.1) is 0 Å². The molecule has 1 saturated carbocycles. The smallest absolute Gasteiger partial charge is 0.117 e. The van der Waals surface area contributed by atoms with Gasteiger partial charge in [-0.2, -0.15) is 15.0 Å². The second-order valence-corrected chi connectivity index (χ2v) is 4.71. The molecule has 0 radical (unpaired) electrons. The van der Waals surface area contributed by atoms with E-state index in [9.17, 15) is 0 Å². The Balaban J connectivity index is 1.88. The highest BCUT2D eigenvalue weighted by Crippen LogP contribution is 2.22. The van der Waals surface area contributed by atoms with E-state index >= 15 is 0 Å². The molecule has 4 nitrogen and oxygen atoms in total. The molecule has 1 aliphatic rings. The fourth-order valence-corrected chi connectivity index (χ4v) is 1.99. The van der Waals surface area contributed by atoms with E-state index in [1.807, 2.05) is 18.2 Å². The SMILES string of the molecule is CCn1nc(CNC2CC2)c(-c2ccccc2)n1. The highest BCUT2D eigenvalue weighted by molar-refractivity contribution is 5.60. The van der Waals surface area contributed by atoms with E-state index in [0.717, 1.165) is 30.0 Å². The van der Waals surface area contributed by atoms with Crippen molar-refractivity contribution in [1.29, 1.82) is 0 Å². The van der Waals surface area contributed by atoms with E-state index in [1.54, 1.807) is 4.80 Å². The van der Waals surface area contributed by atoms with Crippen molar-refractivity contribution < 1.29 is 0 Å². The molecule has 0 spiro atoms. The van der Waals surface area contributed by atoms with Gasteiger partial charge >= 0.3 is 0 Å². The van der Waals surface area contributed by atoms with Gasteiger partial charge in [0.25, 0.3) is 0 Å². The number of hydrogen-bond donors (Lipinski definition) is 1. The molecule has 4 heteroatoms. The number of benzene rings is 1. The molecule has 0 unspecified atom stereocenters. The lowest BCUT2D eigenvalue weighted by Crippen LogP contribution is -2.16. The summed E-state index contributed by atoms with van der Waals surface area (Å²) in [7, 11) is 0. The molecule has 2 aromatic rings. The van der Waals surface area contributed by atoms with Crippen LogP contribution in [0.3, 0.4) is 0 Å². The van der Waals surface area contributed by atoms with Crippen LogP contribution in [-0.4, -0.2) is 21.0 Å². The van der Waals surface area contributed by atoms with Crippen molar-refractivity contribution >= 4 is 0 Å². The molecule has 94 valence electrons. The third-order valence-electron chi connectivity index (χ3n) is 3.19. The molecule has 1 N–H and O–H groups in total. The molecule has 18 heavy (non-hydrogen) atoms.